The highest BCUT2D eigenvalue weighted by atomic mass is 32.2. The Morgan fingerprint density at radius 3 is 2.38 bits per heavy atom. The topological polar surface area (TPSA) is 117 Å². The van der Waals surface area contributed by atoms with Crippen LogP contribution in [0.1, 0.15) is 10.4 Å². The van der Waals surface area contributed by atoms with Crippen molar-refractivity contribution in [1.82, 2.24) is 23.6 Å². The Hall–Kier alpha value is -3.35. The van der Waals surface area contributed by atoms with Crippen LogP contribution in [-0.2, 0) is 14.8 Å². The van der Waals surface area contributed by atoms with E-state index in [0.29, 0.717) is 63.9 Å². The first-order valence-electron chi connectivity index (χ1n) is 11.0. The van der Waals surface area contributed by atoms with Crippen molar-refractivity contribution in [2.75, 3.05) is 57.4 Å². The van der Waals surface area contributed by atoms with Gasteiger partial charge in [-0.05, 0) is 24.3 Å². The van der Waals surface area contributed by atoms with Gasteiger partial charge in [0.05, 0.1) is 13.2 Å². The molecule has 2 aliphatic heterocycles. The first-order chi connectivity index (χ1) is 16.4. The molecule has 0 bridgehead atoms. The van der Waals surface area contributed by atoms with E-state index in [1.165, 1.54) is 21.1 Å². The van der Waals surface area contributed by atoms with Crippen LogP contribution in [0.5, 0.6) is 0 Å². The predicted molar refractivity (Wildman–Crippen MR) is 123 cm³/mol. The highest BCUT2D eigenvalue weighted by Gasteiger charge is 2.28. The Balaban J connectivity index is 1.25. The summed E-state index contributed by atoms with van der Waals surface area (Å²) < 4.78 is 33.5. The number of sulfonamides is 1. The standard InChI is InChI=1S/C22H24N6O5S/c29-21(18-16-24-20-3-1-2-6-28(20)22(18)30)26-9-7-25(8-10-26)19-5-4-17(15-23-19)34(31,32)27-11-13-33-14-12-27/h1-6,15-16H,7-14H2. The third kappa shape index (κ3) is 4.15. The number of fused-ring (bicyclic) bond motifs is 1. The van der Waals surface area contributed by atoms with Gasteiger partial charge in [0, 0.05) is 57.9 Å². The molecule has 3 aromatic rings. The second-order valence-corrected chi connectivity index (χ2v) is 9.99. The minimum absolute atomic E-state index is 0.0351. The number of carbonyl (C=O) groups excluding carboxylic acids is 1. The average Bonchev–Trinajstić information content (AvgIpc) is 2.89. The SMILES string of the molecule is O=C(c1cnc2ccccn2c1=O)N1CCN(c2ccc(S(=O)(=O)N3CCOCC3)cn2)CC1. The van der Waals surface area contributed by atoms with E-state index in [1.54, 1.807) is 41.4 Å². The molecule has 0 aromatic carbocycles. The van der Waals surface area contributed by atoms with Gasteiger partial charge in [0.15, 0.2) is 0 Å². The van der Waals surface area contributed by atoms with Crippen molar-refractivity contribution in [3.63, 3.8) is 0 Å². The molecule has 178 valence electrons. The molecule has 3 aromatic heterocycles. The van der Waals surface area contributed by atoms with Crippen LogP contribution in [0.25, 0.3) is 5.65 Å². The lowest BCUT2D eigenvalue weighted by atomic mass is 10.2. The van der Waals surface area contributed by atoms with Gasteiger partial charge in [0.1, 0.15) is 21.9 Å². The average molecular weight is 485 g/mol. The van der Waals surface area contributed by atoms with Crippen molar-refractivity contribution >= 4 is 27.4 Å². The summed E-state index contributed by atoms with van der Waals surface area (Å²) in [5.74, 6) is 0.288. The monoisotopic (exact) mass is 484 g/mol. The summed E-state index contributed by atoms with van der Waals surface area (Å²) in [6.07, 6.45) is 4.30. The first kappa shape index (κ1) is 22.4. The number of morpholine rings is 1. The zero-order valence-electron chi connectivity index (χ0n) is 18.4. The molecule has 5 rings (SSSR count). The smallest absolute Gasteiger partial charge is 0.270 e. The number of amides is 1. The van der Waals surface area contributed by atoms with E-state index in [2.05, 4.69) is 9.97 Å². The zero-order chi connectivity index (χ0) is 23.7. The lowest BCUT2D eigenvalue weighted by Gasteiger charge is -2.35. The second kappa shape index (κ2) is 9.12. The molecule has 0 spiro atoms. The largest absolute Gasteiger partial charge is 0.379 e. The van der Waals surface area contributed by atoms with Crippen LogP contribution < -0.4 is 10.5 Å². The molecule has 5 heterocycles. The van der Waals surface area contributed by atoms with E-state index in [-0.39, 0.29) is 16.4 Å². The van der Waals surface area contributed by atoms with Gasteiger partial charge in [-0.1, -0.05) is 6.07 Å². The van der Waals surface area contributed by atoms with Crippen molar-refractivity contribution in [2.45, 2.75) is 4.90 Å². The molecule has 0 radical (unpaired) electrons. The predicted octanol–water partition coefficient (Wildman–Crippen LogP) is 0.0728. The number of hydrogen-bond acceptors (Lipinski definition) is 8. The molecular formula is C22H24N6O5S. The van der Waals surface area contributed by atoms with Crippen LogP contribution in [-0.4, -0.2) is 90.4 Å². The number of pyridine rings is 2. The molecule has 2 fully saturated rings. The summed E-state index contributed by atoms with van der Waals surface area (Å²) >= 11 is 0. The Morgan fingerprint density at radius 1 is 0.912 bits per heavy atom. The van der Waals surface area contributed by atoms with Crippen molar-refractivity contribution in [1.29, 1.82) is 0 Å². The number of aromatic nitrogens is 3. The molecule has 0 aliphatic carbocycles. The maximum Gasteiger partial charge on any atom is 0.270 e. The van der Waals surface area contributed by atoms with E-state index < -0.39 is 15.6 Å². The van der Waals surface area contributed by atoms with Crippen molar-refractivity contribution in [3.8, 4) is 0 Å². The fraction of sp³-hybridized carbons (Fsp3) is 0.364. The number of ether oxygens (including phenoxy) is 1. The lowest BCUT2D eigenvalue weighted by Crippen LogP contribution is -2.50. The van der Waals surface area contributed by atoms with E-state index in [1.807, 2.05) is 4.90 Å². The molecule has 1 amide bonds. The maximum atomic E-state index is 13.0. The van der Waals surface area contributed by atoms with Crippen LogP contribution in [0, 0.1) is 0 Å². The summed E-state index contributed by atoms with van der Waals surface area (Å²) in [6, 6.07) is 8.45. The molecule has 11 nitrogen and oxygen atoms in total. The lowest BCUT2D eigenvalue weighted by molar-refractivity contribution is 0.0730. The molecule has 12 heteroatoms. The summed E-state index contributed by atoms with van der Waals surface area (Å²) in [4.78, 5) is 38.0. The first-order valence-corrected chi connectivity index (χ1v) is 12.4. The number of anilines is 1. The summed E-state index contributed by atoms with van der Waals surface area (Å²) in [5.41, 5.74) is 0.128. The quantitative estimate of drug-likeness (QED) is 0.511. The van der Waals surface area contributed by atoms with Crippen LogP contribution in [0.4, 0.5) is 5.82 Å². The van der Waals surface area contributed by atoms with Crippen LogP contribution in [0.2, 0.25) is 0 Å². The molecule has 2 saturated heterocycles. The molecule has 2 aliphatic rings. The van der Waals surface area contributed by atoms with E-state index in [9.17, 15) is 18.0 Å². The fourth-order valence-electron chi connectivity index (χ4n) is 4.13. The molecule has 0 atom stereocenters. The van der Waals surface area contributed by atoms with Gasteiger partial charge in [-0.25, -0.2) is 18.4 Å². The number of hydrogen-bond donors (Lipinski definition) is 0. The van der Waals surface area contributed by atoms with Gasteiger partial charge >= 0.3 is 0 Å². The summed E-state index contributed by atoms with van der Waals surface area (Å²) in [7, 11) is -3.60. The minimum atomic E-state index is -3.60. The number of nitrogens with zero attached hydrogens (tertiary/aromatic N) is 6. The third-order valence-electron chi connectivity index (χ3n) is 6.06. The Bertz CT molecular complexity index is 1360. The molecule has 0 N–H and O–H groups in total. The van der Waals surface area contributed by atoms with Crippen LogP contribution in [0.3, 0.4) is 0 Å². The Morgan fingerprint density at radius 2 is 1.68 bits per heavy atom. The zero-order valence-corrected chi connectivity index (χ0v) is 19.2. The number of carbonyl (C=O) groups is 1. The van der Waals surface area contributed by atoms with Crippen molar-refractivity contribution in [2.24, 2.45) is 0 Å². The van der Waals surface area contributed by atoms with Gasteiger partial charge < -0.3 is 14.5 Å². The van der Waals surface area contributed by atoms with E-state index >= 15 is 0 Å². The van der Waals surface area contributed by atoms with Gasteiger partial charge in [-0.2, -0.15) is 4.31 Å². The van der Waals surface area contributed by atoms with Crippen molar-refractivity contribution in [3.05, 3.63) is 64.8 Å². The number of rotatable bonds is 4. The van der Waals surface area contributed by atoms with Gasteiger partial charge in [-0.15, -0.1) is 0 Å². The third-order valence-corrected chi connectivity index (χ3v) is 7.95. The van der Waals surface area contributed by atoms with Crippen molar-refractivity contribution < 1.29 is 17.9 Å². The fourth-order valence-corrected chi connectivity index (χ4v) is 5.48. The van der Waals surface area contributed by atoms with Gasteiger partial charge in [0.2, 0.25) is 10.0 Å². The summed E-state index contributed by atoms with van der Waals surface area (Å²) in [5, 5.41) is 0. The second-order valence-electron chi connectivity index (χ2n) is 8.05. The Kier molecular flexibility index (Phi) is 6.02. The molecule has 0 unspecified atom stereocenters. The highest BCUT2D eigenvalue weighted by Crippen LogP contribution is 2.20. The van der Waals surface area contributed by atoms with E-state index in [4.69, 9.17) is 4.74 Å². The van der Waals surface area contributed by atoms with Crippen LogP contribution in [0.15, 0.2) is 58.6 Å². The van der Waals surface area contributed by atoms with Crippen LogP contribution >= 0.6 is 0 Å². The molecule has 0 saturated carbocycles. The summed E-state index contributed by atoms with van der Waals surface area (Å²) in [6.45, 7) is 3.27. The number of piperazine rings is 1. The van der Waals surface area contributed by atoms with Gasteiger partial charge in [-0.3, -0.25) is 14.0 Å². The maximum absolute atomic E-state index is 13.0. The molecule has 34 heavy (non-hydrogen) atoms. The van der Waals surface area contributed by atoms with E-state index in [0.717, 1.165) is 0 Å². The minimum Gasteiger partial charge on any atom is -0.379 e. The van der Waals surface area contributed by atoms with Gasteiger partial charge in [0.25, 0.3) is 11.5 Å². The normalized spacial score (nSPS) is 17.8. The Labute approximate surface area is 196 Å². The highest BCUT2D eigenvalue weighted by molar-refractivity contribution is 7.89. The molecular weight excluding hydrogens is 460 g/mol.